The molecular weight excluding hydrogens is 489 g/mol. The molecule has 0 atom stereocenters. The molecule has 2 heterocycles. The van der Waals surface area contributed by atoms with E-state index in [9.17, 15) is 9.59 Å². The van der Waals surface area contributed by atoms with Crippen molar-refractivity contribution in [3.8, 4) is 0 Å². The maximum Gasteiger partial charge on any atom is 0.407 e. The summed E-state index contributed by atoms with van der Waals surface area (Å²) in [6.07, 6.45) is 1.06. The highest BCUT2D eigenvalue weighted by Crippen LogP contribution is 2.10. The van der Waals surface area contributed by atoms with Gasteiger partial charge in [-0.2, -0.15) is 0 Å². The lowest BCUT2D eigenvalue weighted by Gasteiger charge is -2.36. The molecule has 1 aromatic heterocycles. The lowest BCUT2D eigenvalue weighted by molar-refractivity contribution is 0.0529. The Hall–Kier alpha value is -1.98. The fourth-order valence-corrected chi connectivity index (χ4v) is 2.74. The quantitative estimate of drug-likeness (QED) is 0.267. The van der Waals surface area contributed by atoms with Gasteiger partial charge in [-0.25, -0.2) is 4.79 Å². The Kier molecular flexibility index (Phi) is 10.3. The average molecular weight is 521 g/mol. The number of alkyl carbamates (subject to hydrolysis) is 1. The van der Waals surface area contributed by atoms with Crippen LogP contribution in [0.1, 0.15) is 38.2 Å². The number of ether oxygens (including phenoxy) is 1. The largest absolute Gasteiger partial charge is 0.459 e. The predicted molar refractivity (Wildman–Crippen MR) is 122 cm³/mol. The number of nitrogens with zero attached hydrogens (tertiary/aromatic N) is 3. The minimum Gasteiger partial charge on any atom is -0.459 e. The zero-order chi connectivity index (χ0) is 20.6. The van der Waals surface area contributed by atoms with Crippen molar-refractivity contribution in [2.24, 2.45) is 4.99 Å². The van der Waals surface area contributed by atoms with Gasteiger partial charge >= 0.3 is 6.09 Å². The Bertz CT molecular complexity index is 665. The molecule has 2 amide bonds. The summed E-state index contributed by atoms with van der Waals surface area (Å²) < 4.78 is 10.4. The SMILES string of the molecule is CCNC(=NCCNC(=O)OC(C)(C)C)N1CCN(C(=O)c2ccco2)CC1.I. The van der Waals surface area contributed by atoms with E-state index in [2.05, 4.69) is 20.5 Å². The number of halogens is 1. The molecular formula is C19H32IN5O4. The number of piperazine rings is 1. The lowest BCUT2D eigenvalue weighted by atomic mass is 10.2. The first kappa shape index (κ1) is 25.1. The van der Waals surface area contributed by atoms with Crippen LogP contribution in [-0.4, -0.2) is 79.2 Å². The summed E-state index contributed by atoms with van der Waals surface area (Å²) in [5.41, 5.74) is -0.519. The summed E-state index contributed by atoms with van der Waals surface area (Å²) in [6.45, 7) is 11.6. The first-order valence-electron chi connectivity index (χ1n) is 9.63. The Morgan fingerprint density at radius 3 is 2.38 bits per heavy atom. The van der Waals surface area contributed by atoms with E-state index in [0.717, 1.165) is 12.5 Å². The molecule has 9 nitrogen and oxygen atoms in total. The minimum absolute atomic E-state index is 0. The van der Waals surface area contributed by atoms with Crippen LogP contribution in [0.3, 0.4) is 0 Å². The zero-order valence-electron chi connectivity index (χ0n) is 17.6. The van der Waals surface area contributed by atoms with Gasteiger partial charge in [-0.05, 0) is 39.8 Å². The normalized spacial score (nSPS) is 14.8. The van der Waals surface area contributed by atoms with Gasteiger partial charge in [-0.1, -0.05) is 0 Å². The Morgan fingerprint density at radius 1 is 1.17 bits per heavy atom. The highest BCUT2D eigenvalue weighted by molar-refractivity contribution is 14.0. The molecule has 0 unspecified atom stereocenters. The maximum absolute atomic E-state index is 12.4. The third-order valence-corrected chi connectivity index (χ3v) is 3.97. The fraction of sp³-hybridized carbons (Fsp3) is 0.632. The molecule has 0 spiro atoms. The summed E-state index contributed by atoms with van der Waals surface area (Å²) in [5, 5.41) is 5.96. The second kappa shape index (κ2) is 11.9. The molecule has 2 rings (SSSR count). The maximum atomic E-state index is 12.4. The zero-order valence-corrected chi connectivity index (χ0v) is 19.9. The molecule has 2 N–H and O–H groups in total. The number of guanidine groups is 1. The summed E-state index contributed by atoms with van der Waals surface area (Å²) in [7, 11) is 0. The van der Waals surface area contributed by atoms with E-state index < -0.39 is 11.7 Å². The summed E-state index contributed by atoms with van der Waals surface area (Å²) >= 11 is 0. The molecule has 1 fully saturated rings. The van der Waals surface area contributed by atoms with Crippen molar-refractivity contribution in [3.05, 3.63) is 24.2 Å². The Balaban J connectivity index is 0.00000420. The van der Waals surface area contributed by atoms with E-state index in [1.165, 1.54) is 6.26 Å². The average Bonchev–Trinajstić information content (AvgIpc) is 3.17. The first-order chi connectivity index (χ1) is 13.3. The van der Waals surface area contributed by atoms with Gasteiger partial charge in [0.15, 0.2) is 11.7 Å². The van der Waals surface area contributed by atoms with E-state index in [0.29, 0.717) is 45.0 Å². The number of amides is 2. The molecule has 1 saturated heterocycles. The summed E-state index contributed by atoms with van der Waals surface area (Å²) in [5.74, 6) is 1.05. The highest BCUT2D eigenvalue weighted by atomic mass is 127. The molecule has 0 saturated carbocycles. The van der Waals surface area contributed by atoms with Crippen molar-refractivity contribution in [1.82, 2.24) is 20.4 Å². The molecule has 1 aliphatic rings. The topological polar surface area (TPSA) is 99.4 Å². The molecule has 10 heteroatoms. The Morgan fingerprint density at radius 2 is 1.83 bits per heavy atom. The number of rotatable bonds is 5. The molecule has 1 aromatic rings. The van der Waals surface area contributed by atoms with Crippen LogP contribution < -0.4 is 10.6 Å². The first-order valence-corrected chi connectivity index (χ1v) is 9.63. The third kappa shape index (κ3) is 8.50. The van der Waals surface area contributed by atoms with Crippen molar-refractivity contribution in [2.75, 3.05) is 45.8 Å². The molecule has 0 aromatic carbocycles. The number of carbonyl (C=O) groups excluding carboxylic acids is 2. The minimum atomic E-state index is -0.519. The van der Waals surface area contributed by atoms with Gasteiger partial charge in [0.2, 0.25) is 0 Å². The van der Waals surface area contributed by atoms with E-state index in [1.807, 2.05) is 27.7 Å². The molecule has 29 heavy (non-hydrogen) atoms. The molecule has 0 aliphatic carbocycles. The number of furan rings is 1. The highest BCUT2D eigenvalue weighted by Gasteiger charge is 2.25. The van der Waals surface area contributed by atoms with Crippen molar-refractivity contribution in [3.63, 3.8) is 0 Å². The van der Waals surface area contributed by atoms with Gasteiger partial charge in [0.25, 0.3) is 5.91 Å². The van der Waals surface area contributed by atoms with Crippen molar-refractivity contribution in [2.45, 2.75) is 33.3 Å². The predicted octanol–water partition coefficient (Wildman–Crippen LogP) is 2.15. The second-order valence-electron chi connectivity index (χ2n) is 7.42. The fourth-order valence-electron chi connectivity index (χ4n) is 2.74. The lowest BCUT2D eigenvalue weighted by Crippen LogP contribution is -2.53. The van der Waals surface area contributed by atoms with Gasteiger partial charge in [-0.3, -0.25) is 9.79 Å². The third-order valence-electron chi connectivity index (χ3n) is 3.97. The van der Waals surface area contributed by atoms with Gasteiger partial charge in [-0.15, -0.1) is 24.0 Å². The van der Waals surface area contributed by atoms with Crippen molar-refractivity contribution < 1.29 is 18.7 Å². The molecule has 164 valence electrons. The standard InChI is InChI=1S/C19H31N5O4.HI/c1-5-20-17(21-8-9-22-18(26)28-19(2,3)4)24-12-10-23(11-13-24)16(25)15-7-6-14-27-15;/h6-7,14H,5,8-13H2,1-4H3,(H,20,21)(H,22,26);1H. The molecule has 0 bridgehead atoms. The van der Waals surface area contributed by atoms with Gasteiger partial charge < -0.3 is 29.6 Å². The number of hydrogen-bond acceptors (Lipinski definition) is 5. The van der Waals surface area contributed by atoms with Crippen LogP contribution in [-0.2, 0) is 4.74 Å². The van der Waals surface area contributed by atoms with Crippen LogP contribution in [0.15, 0.2) is 27.8 Å². The van der Waals surface area contributed by atoms with Crippen LogP contribution in [0, 0.1) is 0 Å². The van der Waals surface area contributed by atoms with Gasteiger partial charge in [0, 0.05) is 39.3 Å². The number of hydrogen-bond donors (Lipinski definition) is 2. The van der Waals surface area contributed by atoms with Crippen LogP contribution >= 0.6 is 24.0 Å². The number of nitrogens with one attached hydrogen (secondary N) is 2. The molecule has 1 aliphatic heterocycles. The number of carbonyl (C=O) groups is 2. The van der Waals surface area contributed by atoms with E-state index in [1.54, 1.807) is 17.0 Å². The van der Waals surface area contributed by atoms with Crippen LogP contribution in [0.25, 0.3) is 0 Å². The van der Waals surface area contributed by atoms with Gasteiger partial charge in [0.1, 0.15) is 5.60 Å². The van der Waals surface area contributed by atoms with Crippen molar-refractivity contribution in [1.29, 1.82) is 0 Å². The van der Waals surface area contributed by atoms with Crippen LogP contribution in [0.5, 0.6) is 0 Å². The van der Waals surface area contributed by atoms with Crippen LogP contribution in [0.4, 0.5) is 4.79 Å². The smallest absolute Gasteiger partial charge is 0.407 e. The number of aliphatic imine (C=N–C) groups is 1. The summed E-state index contributed by atoms with van der Waals surface area (Å²) in [4.78, 5) is 32.5. The second-order valence-corrected chi connectivity index (χ2v) is 7.42. The van der Waals surface area contributed by atoms with E-state index in [4.69, 9.17) is 9.15 Å². The Labute approximate surface area is 189 Å². The molecule has 0 radical (unpaired) electrons. The monoisotopic (exact) mass is 521 g/mol. The van der Waals surface area contributed by atoms with Gasteiger partial charge in [0.05, 0.1) is 12.8 Å². The van der Waals surface area contributed by atoms with E-state index >= 15 is 0 Å². The van der Waals surface area contributed by atoms with Crippen molar-refractivity contribution >= 4 is 41.9 Å². The van der Waals surface area contributed by atoms with Crippen LogP contribution in [0.2, 0.25) is 0 Å². The van der Waals surface area contributed by atoms with E-state index in [-0.39, 0.29) is 29.9 Å². The summed E-state index contributed by atoms with van der Waals surface area (Å²) in [6, 6.07) is 3.39.